The normalized spacial score (nSPS) is 19.1. The third-order valence-electron chi connectivity index (χ3n) is 7.52. The Balaban J connectivity index is 0.00000151. The van der Waals surface area contributed by atoms with E-state index in [-0.39, 0.29) is 23.6 Å². The molecule has 6 nitrogen and oxygen atoms in total. The van der Waals surface area contributed by atoms with Crippen LogP contribution in [0.1, 0.15) is 47.4 Å². The fraction of sp³-hybridized carbons (Fsp3) is 0.267. The average molecular weight is 552 g/mol. The van der Waals surface area contributed by atoms with E-state index in [1.165, 1.54) is 19.2 Å². The molecule has 2 N–H and O–H groups in total. The number of anilines is 1. The number of nitrogens with one attached hydrogen (secondary N) is 2. The van der Waals surface area contributed by atoms with Crippen LogP contribution in [0.4, 0.5) is 14.5 Å². The van der Waals surface area contributed by atoms with Crippen molar-refractivity contribution in [3.63, 3.8) is 0 Å². The highest BCUT2D eigenvalue weighted by molar-refractivity contribution is 6.31. The lowest BCUT2D eigenvalue weighted by atomic mass is 9.72. The third kappa shape index (κ3) is 4.14. The number of ether oxygens (including phenoxy) is 1. The summed E-state index contributed by atoms with van der Waals surface area (Å²) in [4.78, 5) is 31.4. The summed E-state index contributed by atoms with van der Waals surface area (Å²) in [6, 6.07) is 16.9. The third-order valence-corrected chi connectivity index (χ3v) is 7.75. The first-order valence-electron chi connectivity index (χ1n) is 12.8. The number of rotatable bonds is 4. The van der Waals surface area contributed by atoms with Gasteiger partial charge in [0, 0.05) is 39.3 Å². The van der Waals surface area contributed by atoms with Crippen molar-refractivity contribution in [2.45, 2.75) is 38.3 Å². The van der Waals surface area contributed by atoms with E-state index < -0.39 is 29.2 Å². The number of fused-ring (bicyclic) bond motifs is 4. The molecule has 202 valence electrons. The molecular formula is C30H28ClF2N3O3. The molecule has 3 aromatic carbocycles. The number of hydrogen-bond donors (Lipinski definition) is 2. The quantitative estimate of drug-likeness (QED) is 0.287. The standard InChI is InChI=1S/C28H22ClF2N3O3.C2H6/c1-37-26(36)25-23(17-14-16(29)9-10-20(17)32-25)28-11-12-34(27(28)33-21-8-3-2-6-18(21)28)22(35)13-15-5-4-7-19(30)24(15)31;1-2/h2-10,14,27,32-33H,11-13H2,1H3;1-2H3. The molecule has 0 saturated carbocycles. The summed E-state index contributed by atoms with van der Waals surface area (Å²) in [5.74, 6) is -2.91. The molecule has 1 aromatic heterocycles. The number of carbonyl (C=O) groups excluding carboxylic acids is 2. The molecule has 3 heterocycles. The van der Waals surface area contributed by atoms with Gasteiger partial charge in [0.05, 0.1) is 18.9 Å². The molecule has 0 bridgehead atoms. The summed E-state index contributed by atoms with van der Waals surface area (Å²) >= 11 is 6.38. The zero-order valence-corrected chi connectivity index (χ0v) is 22.5. The van der Waals surface area contributed by atoms with E-state index in [0.717, 1.165) is 22.7 Å². The van der Waals surface area contributed by atoms with Gasteiger partial charge in [0.1, 0.15) is 11.9 Å². The number of aromatic amines is 1. The van der Waals surface area contributed by atoms with E-state index in [4.69, 9.17) is 16.3 Å². The van der Waals surface area contributed by atoms with Gasteiger partial charge in [0.25, 0.3) is 0 Å². The van der Waals surface area contributed by atoms with Crippen LogP contribution in [-0.2, 0) is 21.4 Å². The van der Waals surface area contributed by atoms with Crippen LogP contribution in [0.15, 0.2) is 60.7 Å². The molecule has 6 rings (SSSR count). The van der Waals surface area contributed by atoms with Gasteiger partial charge in [0.15, 0.2) is 11.6 Å². The van der Waals surface area contributed by atoms with Crippen molar-refractivity contribution >= 4 is 40.1 Å². The average Bonchev–Trinajstić information content (AvgIpc) is 3.60. The number of amides is 1. The van der Waals surface area contributed by atoms with Crippen molar-refractivity contribution in [3.05, 3.63) is 99.7 Å². The molecule has 39 heavy (non-hydrogen) atoms. The van der Waals surface area contributed by atoms with Gasteiger partial charge >= 0.3 is 5.97 Å². The number of hydrogen-bond acceptors (Lipinski definition) is 4. The minimum atomic E-state index is -1.02. The van der Waals surface area contributed by atoms with E-state index in [1.807, 2.05) is 38.1 Å². The zero-order chi connectivity index (χ0) is 27.9. The number of aromatic nitrogens is 1. The van der Waals surface area contributed by atoms with E-state index in [0.29, 0.717) is 29.1 Å². The topological polar surface area (TPSA) is 74.4 Å². The number of benzene rings is 3. The van der Waals surface area contributed by atoms with Gasteiger partial charge in [-0.05, 0) is 42.3 Å². The van der Waals surface area contributed by atoms with Gasteiger partial charge in [-0.1, -0.05) is 55.8 Å². The second kappa shape index (κ2) is 10.3. The molecule has 0 spiro atoms. The van der Waals surface area contributed by atoms with Crippen molar-refractivity contribution in [1.82, 2.24) is 9.88 Å². The Labute approximate surface area is 229 Å². The Bertz CT molecular complexity index is 1590. The Morgan fingerprint density at radius 1 is 1.10 bits per heavy atom. The van der Waals surface area contributed by atoms with Gasteiger partial charge in [-0.3, -0.25) is 4.79 Å². The SMILES string of the molecule is CC.COC(=O)c1[nH]c2ccc(Cl)cc2c1C12CCN(C(=O)Cc3cccc(F)c3F)C1Nc1ccccc12. The van der Waals surface area contributed by atoms with Crippen LogP contribution in [0, 0.1) is 11.6 Å². The Hall–Kier alpha value is -3.91. The Morgan fingerprint density at radius 2 is 1.87 bits per heavy atom. The molecule has 0 aliphatic carbocycles. The van der Waals surface area contributed by atoms with Crippen LogP contribution in [0.5, 0.6) is 0 Å². The molecule has 2 aliphatic heterocycles. The van der Waals surface area contributed by atoms with Crippen LogP contribution >= 0.6 is 11.6 Å². The van der Waals surface area contributed by atoms with E-state index in [1.54, 1.807) is 23.1 Å². The highest BCUT2D eigenvalue weighted by Crippen LogP contribution is 2.55. The molecule has 2 atom stereocenters. The molecule has 2 aliphatic rings. The summed E-state index contributed by atoms with van der Waals surface area (Å²) in [5.41, 5.74) is 2.61. The maximum absolute atomic E-state index is 14.4. The summed E-state index contributed by atoms with van der Waals surface area (Å²) in [5, 5.41) is 4.73. The van der Waals surface area contributed by atoms with Crippen LogP contribution in [0.2, 0.25) is 5.02 Å². The van der Waals surface area contributed by atoms with Crippen molar-refractivity contribution in [2.24, 2.45) is 0 Å². The van der Waals surface area contributed by atoms with Crippen molar-refractivity contribution < 1.29 is 23.1 Å². The van der Waals surface area contributed by atoms with Gasteiger partial charge in [-0.25, -0.2) is 13.6 Å². The van der Waals surface area contributed by atoms with Gasteiger partial charge in [-0.15, -0.1) is 0 Å². The smallest absolute Gasteiger partial charge is 0.354 e. The molecule has 0 radical (unpaired) electrons. The lowest BCUT2D eigenvalue weighted by Gasteiger charge is -2.33. The Kier molecular flexibility index (Phi) is 7.07. The van der Waals surface area contributed by atoms with E-state index in [2.05, 4.69) is 10.3 Å². The predicted molar refractivity (Wildman–Crippen MR) is 147 cm³/mol. The first-order chi connectivity index (χ1) is 18.8. The number of para-hydroxylation sites is 1. The van der Waals surface area contributed by atoms with Crippen LogP contribution in [0.25, 0.3) is 10.9 Å². The maximum atomic E-state index is 14.4. The molecule has 9 heteroatoms. The number of likely N-dealkylation sites (tertiary alicyclic amines) is 1. The van der Waals surface area contributed by atoms with Gasteiger partial charge in [0.2, 0.25) is 5.91 Å². The number of carbonyl (C=O) groups is 2. The number of methoxy groups -OCH3 is 1. The second-order valence-electron chi connectivity index (χ2n) is 9.35. The second-order valence-corrected chi connectivity index (χ2v) is 9.78. The summed E-state index contributed by atoms with van der Waals surface area (Å²) in [6.07, 6.45) is -0.379. The summed E-state index contributed by atoms with van der Waals surface area (Å²) in [7, 11) is 1.32. The van der Waals surface area contributed by atoms with Gasteiger partial charge < -0.3 is 19.9 Å². The van der Waals surface area contributed by atoms with Crippen LogP contribution in [0.3, 0.4) is 0 Å². The molecule has 4 aromatic rings. The maximum Gasteiger partial charge on any atom is 0.354 e. The number of esters is 1. The van der Waals surface area contributed by atoms with Crippen molar-refractivity contribution in [2.75, 3.05) is 19.0 Å². The van der Waals surface area contributed by atoms with E-state index >= 15 is 0 Å². The lowest BCUT2D eigenvalue weighted by Crippen LogP contribution is -2.47. The summed E-state index contributed by atoms with van der Waals surface area (Å²) in [6.45, 7) is 4.34. The number of nitrogens with zero attached hydrogens (tertiary/aromatic N) is 1. The van der Waals surface area contributed by atoms with Crippen molar-refractivity contribution in [3.8, 4) is 0 Å². The molecule has 2 unspecified atom stereocenters. The minimum absolute atomic E-state index is 0.00728. The largest absolute Gasteiger partial charge is 0.464 e. The van der Waals surface area contributed by atoms with E-state index in [9.17, 15) is 18.4 Å². The number of H-pyrrole nitrogens is 1. The first kappa shape index (κ1) is 26.7. The highest BCUT2D eigenvalue weighted by atomic mass is 35.5. The molecular weight excluding hydrogens is 524 g/mol. The van der Waals surface area contributed by atoms with Crippen LogP contribution in [-0.4, -0.2) is 41.6 Å². The zero-order valence-electron chi connectivity index (χ0n) is 21.8. The number of halogens is 3. The minimum Gasteiger partial charge on any atom is -0.464 e. The van der Waals surface area contributed by atoms with Crippen LogP contribution < -0.4 is 5.32 Å². The molecule has 1 fully saturated rings. The lowest BCUT2D eigenvalue weighted by molar-refractivity contribution is -0.131. The fourth-order valence-corrected chi connectivity index (χ4v) is 6.13. The highest BCUT2D eigenvalue weighted by Gasteiger charge is 2.58. The monoisotopic (exact) mass is 551 g/mol. The molecule has 1 amide bonds. The Morgan fingerprint density at radius 3 is 2.64 bits per heavy atom. The van der Waals surface area contributed by atoms with Crippen molar-refractivity contribution in [1.29, 1.82) is 0 Å². The summed E-state index contributed by atoms with van der Waals surface area (Å²) < 4.78 is 33.3. The fourth-order valence-electron chi connectivity index (χ4n) is 5.95. The van der Waals surface area contributed by atoms with Gasteiger partial charge in [-0.2, -0.15) is 0 Å². The predicted octanol–water partition coefficient (Wildman–Crippen LogP) is 6.43. The first-order valence-corrected chi connectivity index (χ1v) is 13.2. The molecule has 1 saturated heterocycles.